The second-order valence-corrected chi connectivity index (χ2v) is 21.8. The number of hydrogen-bond acceptors (Lipinski definition) is 12. The standard InChI is InChI=1S/C48H66N6O11S/c1-46(2,3)64-40(55)23-13-10-14-26-63-34-19-15-17-31(27-34)36-21-16-22-37(50-36)41(56)49-33-28-39-42(57)52-48(44(59)53-66(61,62)35-24-25-35)29-32(48)18-11-8-7-9-12-20-38(43(58)54(39)30-33)51-45(60)65-47(4,5)6/h11,15-19,21-22,27,32-33,35,38-39H,7-10,12-14,20,23-26,28-30H2,1-6H3,(H,49,56)(H,51,60)(H,52,57)(H,53,59)/b18-11-/t32-,33-,38+,39+,48-/m1/s1. The van der Waals surface area contributed by atoms with Crippen LogP contribution in [-0.2, 0) is 38.7 Å². The molecule has 1 aromatic heterocycles. The largest absolute Gasteiger partial charge is 0.494 e. The third-order valence-corrected chi connectivity index (χ3v) is 13.6. The summed E-state index contributed by atoms with van der Waals surface area (Å²) in [6.07, 6.45) is 9.53. The van der Waals surface area contributed by atoms with Crippen LogP contribution >= 0.6 is 0 Å². The molecule has 0 spiro atoms. The predicted molar refractivity (Wildman–Crippen MR) is 245 cm³/mol. The van der Waals surface area contributed by atoms with Crippen molar-refractivity contribution in [2.24, 2.45) is 5.92 Å². The van der Waals surface area contributed by atoms with E-state index in [-0.39, 0.29) is 37.5 Å². The molecule has 0 radical (unpaired) electrons. The molecule has 0 unspecified atom stereocenters. The summed E-state index contributed by atoms with van der Waals surface area (Å²) in [4.78, 5) is 87.7. The van der Waals surface area contributed by atoms with Gasteiger partial charge < -0.3 is 35.1 Å². The van der Waals surface area contributed by atoms with Crippen LogP contribution in [0.1, 0.15) is 136 Å². The zero-order chi connectivity index (χ0) is 47.9. The topological polar surface area (TPSA) is 228 Å². The van der Waals surface area contributed by atoms with Crippen LogP contribution in [0.5, 0.6) is 5.75 Å². The number of esters is 1. The maximum Gasteiger partial charge on any atom is 0.408 e. The number of alkyl carbamates (subject to hydrolysis) is 1. The highest BCUT2D eigenvalue weighted by Gasteiger charge is 2.62. The minimum Gasteiger partial charge on any atom is -0.494 e. The highest BCUT2D eigenvalue weighted by Crippen LogP contribution is 2.46. The van der Waals surface area contributed by atoms with E-state index in [0.717, 1.165) is 25.7 Å². The number of nitrogens with one attached hydrogen (secondary N) is 4. The van der Waals surface area contributed by atoms with Gasteiger partial charge in [-0.25, -0.2) is 18.2 Å². The predicted octanol–water partition coefficient (Wildman–Crippen LogP) is 5.63. The van der Waals surface area contributed by atoms with Crippen molar-refractivity contribution in [1.29, 1.82) is 0 Å². The van der Waals surface area contributed by atoms with E-state index >= 15 is 0 Å². The molecular formula is C48H66N6O11S. The lowest BCUT2D eigenvalue weighted by Crippen LogP contribution is -2.58. The van der Waals surface area contributed by atoms with Gasteiger partial charge in [-0.1, -0.05) is 43.2 Å². The van der Waals surface area contributed by atoms with Crippen LogP contribution < -0.4 is 25.4 Å². The van der Waals surface area contributed by atoms with E-state index < -0.39 is 85.8 Å². The Kier molecular flexibility index (Phi) is 15.9. The van der Waals surface area contributed by atoms with Gasteiger partial charge in [0.1, 0.15) is 40.3 Å². The molecule has 6 rings (SSSR count). The van der Waals surface area contributed by atoms with Crippen LogP contribution in [0.3, 0.4) is 0 Å². The Morgan fingerprint density at radius 1 is 0.894 bits per heavy atom. The van der Waals surface area contributed by atoms with Crippen LogP contribution in [-0.4, -0.2) is 107 Å². The van der Waals surface area contributed by atoms with E-state index in [1.54, 1.807) is 39.0 Å². The molecule has 4 N–H and O–H groups in total. The average molecular weight is 935 g/mol. The van der Waals surface area contributed by atoms with Crippen LogP contribution in [0.2, 0.25) is 0 Å². The number of fused-ring (bicyclic) bond motifs is 2. The highest BCUT2D eigenvalue weighted by molar-refractivity contribution is 7.91. The fourth-order valence-corrected chi connectivity index (χ4v) is 9.58. The van der Waals surface area contributed by atoms with E-state index in [1.165, 1.54) is 4.90 Å². The van der Waals surface area contributed by atoms with Crippen molar-refractivity contribution >= 4 is 45.7 Å². The molecule has 18 heteroatoms. The summed E-state index contributed by atoms with van der Waals surface area (Å²) in [5.41, 5.74) is -1.61. The number of hydrogen-bond donors (Lipinski definition) is 4. The summed E-state index contributed by atoms with van der Waals surface area (Å²) < 4.78 is 44.8. The van der Waals surface area contributed by atoms with Gasteiger partial charge >= 0.3 is 12.1 Å². The molecule has 0 bridgehead atoms. The fourth-order valence-electron chi connectivity index (χ4n) is 8.21. The molecule has 2 aromatic rings. The minimum atomic E-state index is -3.94. The maximum absolute atomic E-state index is 14.5. The summed E-state index contributed by atoms with van der Waals surface area (Å²) in [6, 6.07) is 9.34. The van der Waals surface area contributed by atoms with Crippen molar-refractivity contribution in [3.8, 4) is 17.0 Å². The monoisotopic (exact) mass is 934 g/mol. The van der Waals surface area contributed by atoms with Crippen molar-refractivity contribution in [2.45, 2.75) is 165 Å². The first-order valence-corrected chi connectivity index (χ1v) is 24.7. The van der Waals surface area contributed by atoms with Crippen LogP contribution in [0.15, 0.2) is 54.6 Å². The second kappa shape index (κ2) is 21.0. The normalized spacial score (nSPS) is 24.2. The molecule has 17 nitrogen and oxygen atoms in total. The molecule has 2 aliphatic carbocycles. The summed E-state index contributed by atoms with van der Waals surface area (Å²) in [5.74, 6) is -2.71. The van der Waals surface area contributed by atoms with E-state index in [9.17, 15) is 37.2 Å². The van der Waals surface area contributed by atoms with Crippen LogP contribution in [0.4, 0.5) is 4.79 Å². The lowest BCUT2D eigenvalue weighted by molar-refractivity contribution is -0.155. The summed E-state index contributed by atoms with van der Waals surface area (Å²) >= 11 is 0. The number of nitrogens with zero attached hydrogens (tertiary/aromatic N) is 2. The van der Waals surface area contributed by atoms with Gasteiger partial charge in [0.2, 0.25) is 21.8 Å². The van der Waals surface area contributed by atoms with Gasteiger partial charge in [-0.2, -0.15) is 0 Å². The number of carbonyl (C=O) groups is 6. The van der Waals surface area contributed by atoms with Crippen molar-refractivity contribution < 1.29 is 51.4 Å². The molecule has 2 aliphatic heterocycles. The van der Waals surface area contributed by atoms with Crippen molar-refractivity contribution in [1.82, 2.24) is 30.6 Å². The molecule has 4 aliphatic rings. The molecule has 3 heterocycles. The van der Waals surface area contributed by atoms with Crippen LogP contribution in [0.25, 0.3) is 11.3 Å². The maximum atomic E-state index is 14.5. The fraction of sp³-hybridized carbons (Fsp3) is 0.604. The van der Waals surface area contributed by atoms with E-state index in [1.807, 2.05) is 57.2 Å². The molecule has 360 valence electrons. The Morgan fingerprint density at radius 2 is 1.64 bits per heavy atom. The minimum absolute atomic E-state index is 0.0405. The number of ether oxygens (including phenoxy) is 3. The lowest BCUT2D eigenvalue weighted by atomic mass is 10.0. The van der Waals surface area contributed by atoms with Gasteiger partial charge in [-0.05, 0) is 130 Å². The van der Waals surface area contributed by atoms with Crippen molar-refractivity contribution in [3.05, 3.63) is 60.3 Å². The van der Waals surface area contributed by atoms with Crippen LogP contribution in [0, 0.1) is 5.92 Å². The smallest absolute Gasteiger partial charge is 0.408 e. The molecule has 1 saturated heterocycles. The number of sulfonamides is 1. The first-order chi connectivity index (χ1) is 31.1. The van der Waals surface area contributed by atoms with E-state index in [0.29, 0.717) is 62.1 Å². The van der Waals surface area contributed by atoms with Gasteiger partial charge in [0.25, 0.3) is 11.8 Å². The van der Waals surface area contributed by atoms with Gasteiger partial charge in [-0.3, -0.25) is 28.7 Å². The van der Waals surface area contributed by atoms with Gasteiger partial charge in [-0.15, -0.1) is 0 Å². The molecule has 66 heavy (non-hydrogen) atoms. The lowest BCUT2D eigenvalue weighted by Gasteiger charge is -2.30. The summed E-state index contributed by atoms with van der Waals surface area (Å²) in [6.45, 7) is 11.0. The first-order valence-electron chi connectivity index (χ1n) is 23.2. The third kappa shape index (κ3) is 14.0. The zero-order valence-electron chi connectivity index (χ0n) is 39.0. The summed E-state index contributed by atoms with van der Waals surface area (Å²) in [5, 5.41) is 7.84. The van der Waals surface area contributed by atoms with Gasteiger partial charge in [0, 0.05) is 30.5 Å². The Bertz CT molecular complexity index is 2270. The Balaban J connectivity index is 1.16. The third-order valence-electron chi connectivity index (χ3n) is 11.7. The van der Waals surface area contributed by atoms with Gasteiger partial charge in [0.05, 0.1) is 17.6 Å². The highest BCUT2D eigenvalue weighted by atomic mass is 32.2. The number of allylic oxidation sites excluding steroid dienone is 1. The molecule has 5 amide bonds. The molecule has 3 fully saturated rings. The summed E-state index contributed by atoms with van der Waals surface area (Å²) in [7, 11) is -3.94. The number of benzene rings is 1. The number of aromatic nitrogens is 1. The molecular weight excluding hydrogens is 869 g/mol. The van der Waals surface area contributed by atoms with Gasteiger partial charge in [0.15, 0.2) is 0 Å². The second-order valence-electron chi connectivity index (χ2n) is 19.8. The molecule has 5 atom stereocenters. The van der Waals surface area contributed by atoms with E-state index in [2.05, 4.69) is 25.7 Å². The van der Waals surface area contributed by atoms with Crippen molar-refractivity contribution in [3.63, 3.8) is 0 Å². The van der Waals surface area contributed by atoms with E-state index in [4.69, 9.17) is 14.2 Å². The first kappa shape index (κ1) is 49.9. The molecule has 1 aromatic carbocycles. The van der Waals surface area contributed by atoms with Crippen molar-refractivity contribution in [2.75, 3.05) is 13.2 Å². The number of pyridine rings is 1. The Labute approximate surface area is 388 Å². The molecule has 2 saturated carbocycles. The number of amides is 5. The number of rotatable bonds is 14. The SMILES string of the molecule is CC(C)(C)OC(=O)CCCCCOc1cccc(-c2cccc(C(=O)N[C@@H]3C[C@H]4C(=O)N[C@]5(C(=O)NS(=O)(=O)C6CC6)C[C@H]5/C=C\CCCCC[C@H](NC(=O)OC(C)(C)C)C(=O)N4C3)n2)c1. The zero-order valence-corrected chi connectivity index (χ0v) is 39.8. The number of carbonyl (C=O) groups excluding carboxylic acids is 6. The Hall–Kier alpha value is -5.52. The number of unbranched alkanes of at least 4 members (excludes halogenated alkanes) is 2. The quantitative estimate of drug-likeness (QED) is 0.103. The Morgan fingerprint density at radius 3 is 2.36 bits per heavy atom. The average Bonchev–Trinajstić information content (AvgIpc) is 4.16.